The van der Waals surface area contributed by atoms with Gasteiger partial charge in [-0.2, -0.15) is 10.5 Å². The standard InChI is InChI=1S/C18H12N6O2/c19-7-9-1-3-11-13(5-9)23-17(21-11)15(25)16(26)18-22-12-4-2-10(8-20)6-14(12)24-18/h1-6,15-16,25-26H,(H,21,23)(H,22,24)/t15-,16-/m1/s1. The van der Waals surface area contributed by atoms with Gasteiger partial charge in [-0.25, -0.2) is 9.97 Å². The Morgan fingerprint density at radius 1 is 0.769 bits per heavy atom. The van der Waals surface area contributed by atoms with Gasteiger partial charge in [0.2, 0.25) is 0 Å². The van der Waals surface area contributed by atoms with E-state index in [0.717, 1.165) is 0 Å². The number of imidazole rings is 2. The van der Waals surface area contributed by atoms with Crippen molar-refractivity contribution in [1.82, 2.24) is 19.9 Å². The lowest BCUT2D eigenvalue weighted by atomic mass is 10.2. The van der Waals surface area contributed by atoms with Gasteiger partial charge in [-0.05, 0) is 36.4 Å². The molecule has 126 valence electrons. The molecule has 0 amide bonds. The van der Waals surface area contributed by atoms with E-state index in [9.17, 15) is 10.2 Å². The lowest BCUT2D eigenvalue weighted by molar-refractivity contribution is 0.00780. The maximum Gasteiger partial charge on any atom is 0.145 e. The highest BCUT2D eigenvalue weighted by Gasteiger charge is 2.26. The Hall–Kier alpha value is -3.72. The zero-order valence-corrected chi connectivity index (χ0v) is 13.3. The van der Waals surface area contributed by atoms with Crippen molar-refractivity contribution in [3.8, 4) is 12.1 Å². The summed E-state index contributed by atoms with van der Waals surface area (Å²) in [4.78, 5) is 14.3. The summed E-state index contributed by atoms with van der Waals surface area (Å²) in [5.41, 5.74) is 3.27. The molecule has 2 atom stereocenters. The van der Waals surface area contributed by atoms with E-state index in [-0.39, 0.29) is 11.6 Å². The number of nitrogens with one attached hydrogen (secondary N) is 2. The van der Waals surface area contributed by atoms with Gasteiger partial charge in [-0.3, -0.25) is 0 Å². The molecule has 0 bridgehead atoms. The molecule has 4 rings (SSSR count). The Kier molecular flexibility index (Phi) is 3.63. The van der Waals surface area contributed by atoms with Crippen molar-refractivity contribution in [2.45, 2.75) is 12.2 Å². The van der Waals surface area contributed by atoms with Crippen LogP contribution in [-0.2, 0) is 0 Å². The monoisotopic (exact) mass is 344 g/mol. The second-order valence-corrected chi connectivity index (χ2v) is 5.82. The van der Waals surface area contributed by atoms with E-state index >= 15 is 0 Å². The number of aliphatic hydroxyl groups is 2. The molecule has 0 fully saturated rings. The molecule has 4 aromatic rings. The van der Waals surface area contributed by atoms with Crippen molar-refractivity contribution in [2.75, 3.05) is 0 Å². The highest BCUT2D eigenvalue weighted by atomic mass is 16.3. The fourth-order valence-corrected chi connectivity index (χ4v) is 2.78. The van der Waals surface area contributed by atoms with Crippen LogP contribution < -0.4 is 0 Å². The molecule has 2 aromatic carbocycles. The van der Waals surface area contributed by atoms with Crippen LogP contribution in [0.1, 0.15) is 35.0 Å². The first-order valence-electron chi connectivity index (χ1n) is 7.74. The fraction of sp³-hybridized carbons (Fsp3) is 0.111. The highest BCUT2D eigenvalue weighted by molar-refractivity contribution is 5.77. The number of aromatic nitrogens is 4. The third-order valence-electron chi connectivity index (χ3n) is 4.12. The van der Waals surface area contributed by atoms with Crippen molar-refractivity contribution < 1.29 is 10.2 Å². The number of nitriles is 2. The quantitative estimate of drug-likeness (QED) is 0.447. The number of fused-ring (bicyclic) bond motifs is 2. The van der Waals surface area contributed by atoms with Crippen molar-refractivity contribution in [1.29, 1.82) is 10.5 Å². The Morgan fingerprint density at radius 2 is 1.19 bits per heavy atom. The number of aliphatic hydroxyl groups excluding tert-OH is 2. The normalized spacial score (nSPS) is 13.4. The summed E-state index contributed by atoms with van der Waals surface area (Å²) in [5, 5.41) is 38.9. The van der Waals surface area contributed by atoms with Gasteiger partial charge in [-0.1, -0.05) is 0 Å². The minimum Gasteiger partial charge on any atom is -0.382 e. The lowest BCUT2D eigenvalue weighted by Crippen LogP contribution is -2.13. The minimum absolute atomic E-state index is 0.167. The first-order valence-corrected chi connectivity index (χ1v) is 7.74. The lowest BCUT2D eigenvalue weighted by Gasteiger charge is -2.13. The number of aromatic amines is 2. The van der Waals surface area contributed by atoms with Gasteiger partial charge in [0.25, 0.3) is 0 Å². The first kappa shape index (κ1) is 15.8. The SMILES string of the molecule is N#Cc1ccc2nc([C@H](O)[C@@H](O)c3nc4ccc(C#N)cc4[nH]3)[nH]c2c1. The van der Waals surface area contributed by atoms with Crippen LogP contribution in [0.3, 0.4) is 0 Å². The average molecular weight is 344 g/mol. The minimum atomic E-state index is -1.34. The van der Waals surface area contributed by atoms with Crippen LogP contribution in [0.2, 0.25) is 0 Å². The Balaban J connectivity index is 1.68. The molecule has 26 heavy (non-hydrogen) atoms. The molecular weight excluding hydrogens is 332 g/mol. The van der Waals surface area contributed by atoms with Gasteiger partial charge in [0, 0.05) is 0 Å². The predicted octanol–water partition coefficient (Wildman–Crippen LogP) is 1.95. The predicted molar refractivity (Wildman–Crippen MR) is 91.5 cm³/mol. The summed E-state index contributed by atoms with van der Waals surface area (Å²) in [6.45, 7) is 0. The molecule has 0 spiro atoms. The van der Waals surface area contributed by atoms with E-state index in [4.69, 9.17) is 10.5 Å². The molecule has 8 heteroatoms. The molecule has 0 unspecified atom stereocenters. The van der Waals surface area contributed by atoms with Gasteiger partial charge >= 0.3 is 0 Å². The molecule has 0 radical (unpaired) electrons. The van der Waals surface area contributed by atoms with E-state index in [1.165, 1.54) is 0 Å². The van der Waals surface area contributed by atoms with Crippen LogP contribution in [0.4, 0.5) is 0 Å². The van der Waals surface area contributed by atoms with Crippen molar-refractivity contribution in [3.63, 3.8) is 0 Å². The van der Waals surface area contributed by atoms with Crippen molar-refractivity contribution in [3.05, 3.63) is 59.2 Å². The molecular formula is C18H12N6O2. The molecule has 2 heterocycles. The molecule has 0 saturated carbocycles. The van der Waals surface area contributed by atoms with Crippen LogP contribution in [0.5, 0.6) is 0 Å². The highest BCUT2D eigenvalue weighted by Crippen LogP contribution is 2.28. The topological polar surface area (TPSA) is 145 Å². The number of benzene rings is 2. The van der Waals surface area contributed by atoms with Gasteiger partial charge < -0.3 is 20.2 Å². The van der Waals surface area contributed by atoms with E-state index in [1.807, 2.05) is 12.1 Å². The van der Waals surface area contributed by atoms with Crippen LogP contribution in [0.15, 0.2) is 36.4 Å². The zero-order chi connectivity index (χ0) is 18.3. The summed E-state index contributed by atoms with van der Waals surface area (Å²) >= 11 is 0. The number of hydrogen-bond acceptors (Lipinski definition) is 6. The van der Waals surface area contributed by atoms with Crippen LogP contribution in [0, 0.1) is 22.7 Å². The molecule has 0 aliphatic heterocycles. The molecule has 0 saturated heterocycles. The van der Waals surface area contributed by atoms with Gasteiger partial charge in [0.05, 0.1) is 45.3 Å². The summed E-state index contributed by atoms with van der Waals surface area (Å²) in [5.74, 6) is 0.335. The van der Waals surface area contributed by atoms with Crippen molar-refractivity contribution >= 4 is 22.1 Å². The molecule has 0 aliphatic rings. The largest absolute Gasteiger partial charge is 0.382 e. The smallest absolute Gasteiger partial charge is 0.145 e. The number of nitrogens with zero attached hydrogens (tertiary/aromatic N) is 4. The first-order chi connectivity index (χ1) is 12.6. The molecule has 0 aliphatic carbocycles. The van der Waals surface area contributed by atoms with E-state index in [1.54, 1.807) is 36.4 Å². The second-order valence-electron chi connectivity index (χ2n) is 5.82. The summed E-state index contributed by atoms with van der Waals surface area (Å²) in [6.07, 6.45) is -2.69. The maximum absolute atomic E-state index is 10.5. The maximum atomic E-state index is 10.5. The molecule has 2 aromatic heterocycles. The summed E-state index contributed by atoms with van der Waals surface area (Å²) in [6, 6.07) is 13.9. The Labute approximate surface area is 147 Å². The third kappa shape index (κ3) is 2.56. The van der Waals surface area contributed by atoms with E-state index in [0.29, 0.717) is 33.2 Å². The van der Waals surface area contributed by atoms with Gasteiger partial charge in [0.15, 0.2) is 0 Å². The number of rotatable bonds is 3. The summed E-state index contributed by atoms with van der Waals surface area (Å²) < 4.78 is 0. The third-order valence-corrected chi connectivity index (χ3v) is 4.12. The van der Waals surface area contributed by atoms with E-state index < -0.39 is 12.2 Å². The average Bonchev–Trinajstić information content (AvgIpc) is 3.29. The Morgan fingerprint density at radius 3 is 1.58 bits per heavy atom. The number of hydrogen-bond donors (Lipinski definition) is 4. The van der Waals surface area contributed by atoms with Crippen LogP contribution >= 0.6 is 0 Å². The molecule has 8 nitrogen and oxygen atoms in total. The Bertz CT molecular complexity index is 1110. The summed E-state index contributed by atoms with van der Waals surface area (Å²) in [7, 11) is 0. The van der Waals surface area contributed by atoms with Gasteiger partial charge in [-0.15, -0.1) is 0 Å². The fourth-order valence-electron chi connectivity index (χ4n) is 2.78. The zero-order valence-electron chi connectivity index (χ0n) is 13.3. The van der Waals surface area contributed by atoms with Crippen LogP contribution in [0.25, 0.3) is 22.1 Å². The number of H-pyrrole nitrogens is 2. The second kappa shape index (κ2) is 5.97. The van der Waals surface area contributed by atoms with Crippen LogP contribution in [-0.4, -0.2) is 30.1 Å². The van der Waals surface area contributed by atoms with Crippen molar-refractivity contribution in [2.24, 2.45) is 0 Å². The van der Waals surface area contributed by atoms with E-state index in [2.05, 4.69) is 19.9 Å². The van der Waals surface area contributed by atoms with Gasteiger partial charge in [0.1, 0.15) is 23.9 Å². The molecule has 4 N–H and O–H groups in total.